The fourth-order valence-electron chi connectivity index (χ4n) is 3.98. The van der Waals surface area contributed by atoms with E-state index in [1.165, 1.54) is 11.8 Å². The van der Waals surface area contributed by atoms with Crippen LogP contribution in [0.2, 0.25) is 5.02 Å². The molecule has 0 unspecified atom stereocenters. The van der Waals surface area contributed by atoms with E-state index in [-0.39, 0.29) is 0 Å². The van der Waals surface area contributed by atoms with Crippen LogP contribution in [0.5, 0.6) is 34.5 Å². The van der Waals surface area contributed by atoms with Crippen molar-refractivity contribution in [1.82, 2.24) is 15.2 Å². The van der Waals surface area contributed by atoms with Crippen LogP contribution in [0.25, 0.3) is 22.5 Å². The van der Waals surface area contributed by atoms with Crippen LogP contribution >= 0.6 is 23.4 Å². The standard InChI is InChI=1S/C28H28ClN3O6S/c1-33-20-11-17(12-21(34-2)26(20)37-5)24-25(18-13-22(35-3)27(38-6)23(14-18)36-4)31-32-28(30-24)39-15-16-8-7-9-19(29)10-16/h7-14H,15H2,1-6H3. The van der Waals surface area contributed by atoms with Crippen LogP contribution in [-0.4, -0.2) is 57.8 Å². The molecule has 0 spiro atoms. The van der Waals surface area contributed by atoms with Crippen LogP contribution in [0.15, 0.2) is 53.7 Å². The molecule has 0 radical (unpaired) electrons. The van der Waals surface area contributed by atoms with Gasteiger partial charge >= 0.3 is 0 Å². The number of nitrogens with zero attached hydrogens (tertiary/aromatic N) is 3. The Labute approximate surface area is 236 Å². The number of aromatic nitrogens is 3. The molecule has 9 nitrogen and oxygen atoms in total. The van der Waals surface area contributed by atoms with Gasteiger partial charge in [0, 0.05) is 21.9 Å². The highest BCUT2D eigenvalue weighted by atomic mass is 35.5. The maximum Gasteiger partial charge on any atom is 0.210 e. The van der Waals surface area contributed by atoms with Gasteiger partial charge in [-0.2, -0.15) is 0 Å². The second kappa shape index (κ2) is 12.8. The van der Waals surface area contributed by atoms with Gasteiger partial charge in [0.2, 0.25) is 16.7 Å². The lowest BCUT2D eigenvalue weighted by Gasteiger charge is -2.17. The number of hydrogen-bond acceptors (Lipinski definition) is 10. The number of halogens is 1. The van der Waals surface area contributed by atoms with E-state index in [0.717, 1.165) is 5.56 Å². The lowest BCUT2D eigenvalue weighted by Crippen LogP contribution is -2.02. The third-order valence-corrected chi connectivity index (χ3v) is 6.94. The first kappa shape index (κ1) is 28.1. The van der Waals surface area contributed by atoms with Crippen molar-refractivity contribution in [1.29, 1.82) is 0 Å². The average molecular weight is 570 g/mol. The number of rotatable bonds is 11. The first-order valence-electron chi connectivity index (χ1n) is 11.7. The molecule has 3 aromatic carbocycles. The molecule has 0 saturated carbocycles. The zero-order chi connectivity index (χ0) is 27.9. The van der Waals surface area contributed by atoms with Crippen LogP contribution in [0.3, 0.4) is 0 Å². The molecule has 1 aromatic heterocycles. The van der Waals surface area contributed by atoms with Gasteiger partial charge in [0.1, 0.15) is 11.4 Å². The number of thioether (sulfide) groups is 1. The Morgan fingerprint density at radius 1 is 0.641 bits per heavy atom. The minimum Gasteiger partial charge on any atom is -0.493 e. The van der Waals surface area contributed by atoms with Gasteiger partial charge in [-0.3, -0.25) is 0 Å². The van der Waals surface area contributed by atoms with Gasteiger partial charge in [0.15, 0.2) is 23.0 Å². The van der Waals surface area contributed by atoms with Gasteiger partial charge < -0.3 is 28.4 Å². The zero-order valence-corrected chi connectivity index (χ0v) is 24.0. The van der Waals surface area contributed by atoms with Gasteiger partial charge in [-0.15, -0.1) is 10.2 Å². The monoisotopic (exact) mass is 569 g/mol. The SMILES string of the molecule is COc1cc(-c2nnc(SCc3cccc(Cl)c3)nc2-c2cc(OC)c(OC)c(OC)c2)cc(OC)c1OC. The summed E-state index contributed by atoms with van der Waals surface area (Å²) in [6, 6.07) is 14.9. The van der Waals surface area contributed by atoms with E-state index in [4.69, 9.17) is 45.0 Å². The fourth-order valence-corrected chi connectivity index (χ4v) is 4.92. The van der Waals surface area contributed by atoms with Crippen LogP contribution in [0.4, 0.5) is 0 Å². The summed E-state index contributed by atoms with van der Waals surface area (Å²) >= 11 is 7.60. The quantitative estimate of drug-likeness (QED) is 0.194. The fraction of sp³-hybridized carbons (Fsp3) is 0.250. The minimum atomic E-state index is 0.465. The van der Waals surface area contributed by atoms with Crippen molar-refractivity contribution in [3.8, 4) is 57.0 Å². The molecule has 0 amide bonds. The Balaban J connectivity index is 1.89. The van der Waals surface area contributed by atoms with Crippen LogP contribution in [0.1, 0.15) is 5.56 Å². The van der Waals surface area contributed by atoms with E-state index < -0.39 is 0 Å². The Hall–Kier alpha value is -3.89. The molecule has 0 saturated heterocycles. The third kappa shape index (κ3) is 6.07. The van der Waals surface area contributed by atoms with Crippen molar-refractivity contribution < 1.29 is 28.4 Å². The van der Waals surface area contributed by atoms with Crippen molar-refractivity contribution in [2.75, 3.05) is 42.7 Å². The first-order chi connectivity index (χ1) is 19.0. The molecule has 4 aromatic rings. The molecule has 0 fully saturated rings. The largest absolute Gasteiger partial charge is 0.493 e. The predicted molar refractivity (Wildman–Crippen MR) is 151 cm³/mol. The highest BCUT2D eigenvalue weighted by Crippen LogP contribution is 2.45. The third-order valence-electron chi connectivity index (χ3n) is 5.80. The first-order valence-corrected chi connectivity index (χ1v) is 13.0. The van der Waals surface area contributed by atoms with Crippen LogP contribution < -0.4 is 28.4 Å². The second-order valence-corrected chi connectivity index (χ2v) is 9.42. The van der Waals surface area contributed by atoms with Crippen molar-refractivity contribution in [2.24, 2.45) is 0 Å². The average Bonchev–Trinajstić information content (AvgIpc) is 2.98. The lowest BCUT2D eigenvalue weighted by molar-refractivity contribution is 0.324. The molecule has 4 rings (SSSR count). The van der Waals surface area contributed by atoms with Crippen LogP contribution in [-0.2, 0) is 5.75 Å². The van der Waals surface area contributed by atoms with Crippen molar-refractivity contribution >= 4 is 23.4 Å². The van der Waals surface area contributed by atoms with Gasteiger partial charge in [0.05, 0.1) is 42.7 Å². The van der Waals surface area contributed by atoms with E-state index in [1.54, 1.807) is 54.8 Å². The molecule has 0 atom stereocenters. The minimum absolute atomic E-state index is 0.465. The summed E-state index contributed by atoms with van der Waals surface area (Å²) < 4.78 is 33.3. The van der Waals surface area contributed by atoms with Gasteiger partial charge in [-0.1, -0.05) is 35.5 Å². The predicted octanol–water partition coefficient (Wildman–Crippen LogP) is 6.20. The smallest absolute Gasteiger partial charge is 0.210 e. The highest BCUT2D eigenvalue weighted by Gasteiger charge is 2.22. The van der Waals surface area contributed by atoms with E-state index >= 15 is 0 Å². The summed E-state index contributed by atoms with van der Waals surface area (Å²) in [6.07, 6.45) is 0. The molecule has 11 heteroatoms. The molecule has 39 heavy (non-hydrogen) atoms. The van der Waals surface area contributed by atoms with E-state index in [9.17, 15) is 0 Å². The lowest BCUT2D eigenvalue weighted by atomic mass is 10.0. The molecule has 0 bridgehead atoms. The molecule has 0 aliphatic rings. The van der Waals surface area contributed by atoms with E-state index in [1.807, 2.05) is 36.4 Å². The molecule has 0 aliphatic carbocycles. The van der Waals surface area contributed by atoms with Gasteiger partial charge in [-0.05, 0) is 42.0 Å². The van der Waals surface area contributed by atoms with Gasteiger partial charge in [-0.25, -0.2) is 4.98 Å². The molecule has 0 aliphatic heterocycles. The summed E-state index contributed by atoms with van der Waals surface area (Å²) in [4.78, 5) is 4.91. The molecular weight excluding hydrogens is 542 g/mol. The second-order valence-electron chi connectivity index (χ2n) is 8.04. The number of methoxy groups -OCH3 is 6. The Kier molecular flexibility index (Phi) is 9.21. The number of benzene rings is 3. The van der Waals surface area contributed by atoms with E-state index in [2.05, 4.69) is 10.2 Å². The summed E-state index contributed by atoms with van der Waals surface area (Å²) in [5, 5.41) is 10.2. The van der Waals surface area contributed by atoms with Crippen molar-refractivity contribution in [3.63, 3.8) is 0 Å². The molecule has 204 valence electrons. The summed E-state index contributed by atoms with van der Waals surface area (Å²) in [5.41, 5.74) is 3.44. The van der Waals surface area contributed by atoms with Crippen molar-refractivity contribution in [2.45, 2.75) is 10.9 Å². The summed E-state index contributed by atoms with van der Waals surface area (Å²) in [5.74, 6) is 3.46. The Bertz CT molecular complexity index is 1420. The Morgan fingerprint density at radius 3 is 1.62 bits per heavy atom. The highest BCUT2D eigenvalue weighted by molar-refractivity contribution is 7.98. The maximum absolute atomic E-state index is 6.16. The summed E-state index contributed by atoms with van der Waals surface area (Å²) in [7, 11) is 9.34. The maximum atomic E-state index is 6.16. The molecule has 1 heterocycles. The Morgan fingerprint density at radius 2 is 1.15 bits per heavy atom. The van der Waals surface area contributed by atoms with Crippen molar-refractivity contribution in [3.05, 3.63) is 59.1 Å². The zero-order valence-electron chi connectivity index (χ0n) is 22.4. The molecular formula is C28H28ClN3O6S. The topological polar surface area (TPSA) is 94.1 Å². The van der Waals surface area contributed by atoms with E-state index in [0.29, 0.717) is 72.9 Å². The normalized spacial score (nSPS) is 10.6. The van der Waals surface area contributed by atoms with Gasteiger partial charge in [0.25, 0.3) is 0 Å². The summed E-state index contributed by atoms with van der Waals surface area (Å²) in [6.45, 7) is 0. The number of hydrogen-bond donors (Lipinski definition) is 0. The van der Waals surface area contributed by atoms with Crippen LogP contribution in [0, 0.1) is 0 Å². The number of ether oxygens (including phenoxy) is 6. The molecule has 0 N–H and O–H groups in total.